The lowest BCUT2D eigenvalue weighted by molar-refractivity contribution is -0.121. The first kappa shape index (κ1) is 18.7. The van der Waals surface area contributed by atoms with Gasteiger partial charge < -0.3 is 11.1 Å². The molecule has 3 unspecified atom stereocenters. The number of Topliss-reactive ketones (excluding diaryl/α,β-unsaturated/α-hetero) is 1. The van der Waals surface area contributed by atoms with Gasteiger partial charge in [0.1, 0.15) is 0 Å². The van der Waals surface area contributed by atoms with E-state index in [0.717, 1.165) is 50.4 Å². The summed E-state index contributed by atoms with van der Waals surface area (Å²) < 4.78 is 13.3. The van der Waals surface area contributed by atoms with Gasteiger partial charge in [-0.25, -0.2) is 9.18 Å². The van der Waals surface area contributed by atoms with Crippen LogP contribution in [0.5, 0.6) is 0 Å². The number of nitrogens with one attached hydrogen (secondary N) is 1. The molecule has 0 spiro atoms. The van der Waals surface area contributed by atoms with Crippen LogP contribution in [0.1, 0.15) is 84.0 Å². The summed E-state index contributed by atoms with van der Waals surface area (Å²) in [7, 11) is 0. The van der Waals surface area contributed by atoms with Gasteiger partial charge in [0.15, 0.2) is 12.0 Å². The number of rotatable bonds is 9. The molecule has 4 fully saturated rings. The van der Waals surface area contributed by atoms with Crippen LogP contribution in [0.2, 0.25) is 0 Å². The van der Waals surface area contributed by atoms with Crippen molar-refractivity contribution in [2.24, 2.45) is 23.0 Å². The number of amides is 2. The largest absolute Gasteiger partial charge is 0.352 e. The minimum atomic E-state index is -1.28. The first-order chi connectivity index (χ1) is 11.8. The average molecular weight is 352 g/mol. The second kappa shape index (κ2) is 7.24. The van der Waals surface area contributed by atoms with Gasteiger partial charge in [-0.3, -0.25) is 4.79 Å². The number of hydrogen-bond donors (Lipinski definition) is 2. The van der Waals surface area contributed by atoms with Crippen LogP contribution in [0.15, 0.2) is 0 Å². The Balaban J connectivity index is 1.46. The van der Waals surface area contributed by atoms with Crippen molar-refractivity contribution in [3.63, 3.8) is 0 Å². The van der Waals surface area contributed by atoms with Gasteiger partial charge in [0.05, 0.1) is 0 Å². The lowest BCUT2D eigenvalue weighted by Gasteiger charge is -2.62. The van der Waals surface area contributed by atoms with Gasteiger partial charge >= 0.3 is 6.03 Å². The second-order valence-electron chi connectivity index (χ2n) is 9.26. The highest BCUT2D eigenvalue weighted by atomic mass is 19.1. The van der Waals surface area contributed by atoms with Crippen LogP contribution in [0.25, 0.3) is 0 Å². The number of ketones is 1. The minimum absolute atomic E-state index is 0.0428. The molecule has 0 aromatic heterocycles. The molecule has 0 radical (unpaired) electrons. The lowest BCUT2D eigenvalue weighted by Crippen LogP contribution is -2.63. The van der Waals surface area contributed by atoms with Crippen molar-refractivity contribution in [3.05, 3.63) is 0 Å². The van der Waals surface area contributed by atoms with Gasteiger partial charge in [0.25, 0.3) is 0 Å². The minimum Gasteiger partial charge on any atom is -0.352 e. The second-order valence-corrected chi connectivity index (χ2v) is 9.26. The average Bonchev–Trinajstić information content (AvgIpc) is 2.47. The Kier molecular flexibility index (Phi) is 5.40. The van der Waals surface area contributed by atoms with Gasteiger partial charge in [-0.1, -0.05) is 25.7 Å². The third-order valence-corrected chi connectivity index (χ3v) is 6.93. The van der Waals surface area contributed by atoms with E-state index in [1.54, 1.807) is 0 Å². The van der Waals surface area contributed by atoms with Crippen LogP contribution in [0.3, 0.4) is 0 Å². The highest BCUT2D eigenvalue weighted by Gasteiger charge is 2.57. The monoisotopic (exact) mass is 352 g/mol. The fourth-order valence-electron chi connectivity index (χ4n) is 6.53. The Morgan fingerprint density at radius 2 is 1.76 bits per heavy atom. The molecule has 0 aromatic carbocycles. The molecule has 2 amide bonds. The van der Waals surface area contributed by atoms with E-state index in [1.807, 2.05) is 0 Å². The van der Waals surface area contributed by atoms with Crippen LogP contribution in [-0.2, 0) is 4.79 Å². The first-order valence-electron chi connectivity index (χ1n) is 10.0. The maximum atomic E-state index is 13.3. The number of halogens is 1. The maximum Gasteiger partial charge on any atom is 0.312 e. The molecule has 142 valence electrons. The highest BCUT2D eigenvalue weighted by Crippen LogP contribution is 2.63. The van der Waals surface area contributed by atoms with Crippen molar-refractivity contribution in [3.8, 4) is 0 Å². The van der Waals surface area contributed by atoms with Crippen LogP contribution in [0.4, 0.5) is 9.18 Å². The fourth-order valence-corrected chi connectivity index (χ4v) is 6.53. The van der Waals surface area contributed by atoms with E-state index in [-0.39, 0.29) is 17.4 Å². The quantitative estimate of drug-likeness (QED) is 0.609. The Bertz CT molecular complexity index is 508. The van der Waals surface area contributed by atoms with Crippen molar-refractivity contribution in [1.29, 1.82) is 0 Å². The summed E-state index contributed by atoms with van der Waals surface area (Å²) in [5.41, 5.74) is 5.79. The normalized spacial score (nSPS) is 37.0. The molecule has 4 aliphatic rings. The summed E-state index contributed by atoms with van der Waals surface area (Å²) in [5, 5.41) is 3.11. The summed E-state index contributed by atoms with van der Waals surface area (Å²) in [4.78, 5) is 22.4. The zero-order chi connectivity index (χ0) is 18.1. The van der Waals surface area contributed by atoms with Gasteiger partial charge in [0, 0.05) is 5.54 Å². The topological polar surface area (TPSA) is 72.2 Å². The molecule has 0 aliphatic heterocycles. The number of urea groups is 1. The highest BCUT2D eigenvalue weighted by molar-refractivity contribution is 5.80. The van der Waals surface area contributed by atoms with Crippen LogP contribution in [-0.4, -0.2) is 23.5 Å². The smallest absolute Gasteiger partial charge is 0.312 e. The van der Waals surface area contributed by atoms with Crippen LogP contribution >= 0.6 is 0 Å². The van der Waals surface area contributed by atoms with E-state index in [4.69, 9.17) is 5.73 Å². The van der Waals surface area contributed by atoms with Gasteiger partial charge in [-0.15, -0.1) is 0 Å². The third-order valence-electron chi connectivity index (χ3n) is 6.93. The molecular weight excluding hydrogens is 319 g/mol. The van der Waals surface area contributed by atoms with Crippen molar-refractivity contribution in [2.75, 3.05) is 0 Å². The van der Waals surface area contributed by atoms with Gasteiger partial charge in [-0.05, 0) is 75.5 Å². The van der Waals surface area contributed by atoms with Gasteiger partial charge in [0.2, 0.25) is 0 Å². The standard InChI is InChI=1S/C20H33FN2O2/c1-14(24)17(21)6-4-2-3-5-7-19-9-15-8-16(10-19)12-20(11-15,13-19)23-18(22)25/h15-17H,2-13H2,1H3,(H3,22,23,25). The molecule has 5 heteroatoms. The number of alkyl halides is 1. The number of carbonyl (C=O) groups is 2. The van der Waals surface area contributed by atoms with E-state index in [0.29, 0.717) is 11.8 Å². The third kappa shape index (κ3) is 4.35. The molecule has 4 aliphatic carbocycles. The first-order valence-corrected chi connectivity index (χ1v) is 10.0. The molecule has 0 saturated heterocycles. The lowest BCUT2D eigenvalue weighted by atomic mass is 9.46. The molecule has 3 N–H and O–H groups in total. The Morgan fingerprint density at radius 1 is 1.12 bits per heavy atom. The molecule has 3 atom stereocenters. The molecule has 4 rings (SSSR count). The summed E-state index contributed by atoms with van der Waals surface area (Å²) in [6.45, 7) is 1.33. The van der Waals surface area contributed by atoms with Crippen molar-refractivity contribution in [2.45, 2.75) is 95.7 Å². The molecule has 0 aromatic rings. The maximum absolute atomic E-state index is 13.3. The zero-order valence-corrected chi connectivity index (χ0v) is 15.5. The van der Waals surface area contributed by atoms with E-state index < -0.39 is 6.17 Å². The van der Waals surface area contributed by atoms with Crippen molar-refractivity contribution in [1.82, 2.24) is 5.32 Å². The molecule has 4 saturated carbocycles. The molecule has 4 nitrogen and oxygen atoms in total. The number of primary amides is 1. The van der Waals surface area contributed by atoms with Crippen molar-refractivity contribution < 1.29 is 14.0 Å². The predicted molar refractivity (Wildman–Crippen MR) is 95.8 cm³/mol. The Morgan fingerprint density at radius 3 is 2.36 bits per heavy atom. The van der Waals surface area contributed by atoms with Crippen LogP contribution < -0.4 is 11.1 Å². The molecular formula is C20H33FN2O2. The number of unbranched alkanes of at least 4 members (excludes halogenated alkanes) is 3. The summed E-state index contributed by atoms with van der Waals surface area (Å²) in [5.74, 6) is 1.15. The van der Waals surface area contributed by atoms with E-state index in [2.05, 4.69) is 5.32 Å². The number of carbonyl (C=O) groups excluding carboxylic acids is 2. The van der Waals surface area contributed by atoms with E-state index >= 15 is 0 Å². The molecule has 0 heterocycles. The van der Waals surface area contributed by atoms with Crippen molar-refractivity contribution >= 4 is 11.8 Å². The summed E-state index contributed by atoms with van der Waals surface area (Å²) in [6.07, 6.45) is 11.6. The Labute approximate surface area is 150 Å². The van der Waals surface area contributed by atoms with E-state index in [9.17, 15) is 14.0 Å². The predicted octanol–water partition coefficient (Wildman–Crippen LogP) is 4.26. The summed E-state index contributed by atoms with van der Waals surface area (Å²) in [6, 6.07) is -0.372. The van der Waals surface area contributed by atoms with Crippen LogP contribution in [0, 0.1) is 17.3 Å². The van der Waals surface area contributed by atoms with Gasteiger partial charge in [-0.2, -0.15) is 0 Å². The Hall–Kier alpha value is -1.13. The molecule has 25 heavy (non-hydrogen) atoms. The van der Waals surface area contributed by atoms with E-state index in [1.165, 1.54) is 39.0 Å². The SMILES string of the molecule is CC(=O)C(F)CCCCCCC12CC3CC(C1)CC(NC(N)=O)(C3)C2. The number of hydrogen-bond acceptors (Lipinski definition) is 2. The number of nitrogens with two attached hydrogens (primary N) is 1. The fraction of sp³-hybridized carbons (Fsp3) is 0.900. The zero-order valence-electron chi connectivity index (χ0n) is 15.5. The molecule has 4 bridgehead atoms. The summed E-state index contributed by atoms with van der Waals surface area (Å²) >= 11 is 0.